The number of hydrogen-bond donors (Lipinski definition) is 2. The molecule has 3 aromatic heterocycles. The number of sulfone groups is 1. The summed E-state index contributed by atoms with van der Waals surface area (Å²) in [6.07, 6.45) is 4.43. The van der Waals surface area contributed by atoms with Crippen molar-refractivity contribution in [2.24, 2.45) is 0 Å². The van der Waals surface area contributed by atoms with Crippen LogP contribution in [0.5, 0.6) is 0 Å². The van der Waals surface area contributed by atoms with Crippen molar-refractivity contribution < 1.29 is 13.2 Å². The van der Waals surface area contributed by atoms with Gasteiger partial charge in [0.1, 0.15) is 11.6 Å². The van der Waals surface area contributed by atoms with Crippen LogP contribution >= 0.6 is 15.9 Å². The third-order valence-corrected chi connectivity index (χ3v) is 6.58. The molecular formula is C21H21BrN6O3S. The van der Waals surface area contributed by atoms with Crippen molar-refractivity contribution in [2.45, 2.75) is 19.9 Å². The highest BCUT2D eigenvalue weighted by atomic mass is 79.9. The van der Waals surface area contributed by atoms with E-state index in [4.69, 9.17) is 10.7 Å². The smallest absolute Gasteiger partial charge is 0.235 e. The van der Waals surface area contributed by atoms with Crippen LogP contribution in [0.15, 0.2) is 41.1 Å². The number of aromatic nitrogens is 4. The Kier molecular flexibility index (Phi) is 5.63. The molecule has 0 saturated heterocycles. The fourth-order valence-electron chi connectivity index (χ4n) is 3.49. The molecule has 0 aliphatic carbocycles. The van der Waals surface area contributed by atoms with E-state index >= 15 is 0 Å². The number of nitrogens with two attached hydrogens (primary N) is 1. The number of anilines is 1. The van der Waals surface area contributed by atoms with E-state index in [0.717, 1.165) is 33.8 Å². The van der Waals surface area contributed by atoms with Crippen molar-refractivity contribution in [3.63, 3.8) is 0 Å². The second-order valence-electron chi connectivity index (χ2n) is 7.77. The molecule has 3 heterocycles. The lowest BCUT2D eigenvalue weighted by Crippen LogP contribution is -2.32. The summed E-state index contributed by atoms with van der Waals surface area (Å²) in [6.45, 7) is 3.73. The molecule has 4 aromatic rings. The van der Waals surface area contributed by atoms with Gasteiger partial charge in [0, 0.05) is 29.0 Å². The van der Waals surface area contributed by atoms with Crippen LogP contribution < -0.4 is 11.1 Å². The third-order valence-electron chi connectivity index (χ3n) is 4.98. The maximum absolute atomic E-state index is 12.1. The minimum atomic E-state index is -3.45. The minimum Gasteiger partial charge on any atom is -0.383 e. The van der Waals surface area contributed by atoms with Crippen LogP contribution in [0.1, 0.15) is 24.2 Å². The van der Waals surface area contributed by atoms with E-state index in [9.17, 15) is 13.2 Å². The lowest BCUT2D eigenvalue weighted by Gasteiger charge is -2.16. The Balaban J connectivity index is 1.78. The fourth-order valence-corrected chi connectivity index (χ4v) is 4.65. The molecule has 0 bridgehead atoms. The van der Waals surface area contributed by atoms with Gasteiger partial charge in [-0.2, -0.15) is 9.61 Å². The number of carbonyl (C=O) groups is 1. The second-order valence-corrected chi connectivity index (χ2v) is 10.7. The first-order valence-electron chi connectivity index (χ1n) is 9.70. The number of nitrogen functional groups attached to an aromatic ring is 1. The summed E-state index contributed by atoms with van der Waals surface area (Å²) in [7, 11) is -3.45. The Morgan fingerprint density at radius 1 is 1.28 bits per heavy atom. The maximum atomic E-state index is 12.1. The molecule has 32 heavy (non-hydrogen) atoms. The van der Waals surface area contributed by atoms with Gasteiger partial charge in [0.2, 0.25) is 5.91 Å². The summed E-state index contributed by atoms with van der Waals surface area (Å²) >= 11 is 3.43. The van der Waals surface area contributed by atoms with E-state index in [1.165, 1.54) is 4.52 Å². The van der Waals surface area contributed by atoms with Crippen molar-refractivity contribution in [2.75, 3.05) is 17.7 Å². The minimum absolute atomic E-state index is 0.310. The monoisotopic (exact) mass is 516 g/mol. The summed E-state index contributed by atoms with van der Waals surface area (Å²) in [5, 5.41) is 8.02. The van der Waals surface area contributed by atoms with Crippen LogP contribution in [0.3, 0.4) is 0 Å². The highest BCUT2D eigenvalue weighted by molar-refractivity contribution is 9.10. The highest BCUT2D eigenvalue weighted by Crippen LogP contribution is 2.33. The third kappa shape index (κ3) is 4.30. The van der Waals surface area contributed by atoms with Crippen molar-refractivity contribution in [1.29, 1.82) is 0 Å². The summed E-state index contributed by atoms with van der Waals surface area (Å²) in [5.74, 6) is -0.910. The zero-order valence-corrected chi connectivity index (χ0v) is 20.0. The molecule has 166 valence electrons. The molecule has 11 heteroatoms. The molecule has 0 fully saturated rings. The number of pyridine rings is 1. The molecular weight excluding hydrogens is 496 g/mol. The Bertz CT molecular complexity index is 1480. The Hall–Kier alpha value is -3.05. The van der Waals surface area contributed by atoms with Gasteiger partial charge >= 0.3 is 0 Å². The number of aryl methyl sites for hydroxylation is 1. The number of halogens is 1. The SMILES string of the molecule is Cc1ccc2ncc(-c3cnn4c(N)c(Br)c(C(C)NC(=O)CS(C)(=O)=O)nc34)cc2c1. The van der Waals surface area contributed by atoms with Gasteiger partial charge in [-0.25, -0.2) is 13.4 Å². The lowest BCUT2D eigenvalue weighted by atomic mass is 10.1. The van der Waals surface area contributed by atoms with Gasteiger partial charge in [0.25, 0.3) is 0 Å². The summed E-state index contributed by atoms with van der Waals surface area (Å²) in [6, 6.07) is 7.46. The Morgan fingerprint density at radius 2 is 2.03 bits per heavy atom. The van der Waals surface area contributed by atoms with Crippen LogP contribution in [0.25, 0.3) is 27.7 Å². The van der Waals surface area contributed by atoms with Crippen molar-refractivity contribution >= 4 is 54.0 Å². The molecule has 1 aromatic carbocycles. The normalized spacial score (nSPS) is 12.9. The Labute approximate surface area is 193 Å². The van der Waals surface area contributed by atoms with Crippen LogP contribution in [0, 0.1) is 6.92 Å². The number of nitrogens with zero attached hydrogens (tertiary/aromatic N) is 4. The lowest BCUT2D eigenvalue weighted by molar-refractivity contribution is -0.119. The first kappa shape index (κ1) is 22.2. The van der Waals surface area contributed by atoms with E-state index in [1.54, 1.807) is 19.3 Å². The maximum Gasteiger partial charge on any atom is 0.235 e. The molecule has 4 rings (SSSR count). The first-order chi connectivity index (χ1) is 15.0. The average Bonchev–Trinajstić information content (AvgIpc) is 3.12. The molecule has 1 unspecified atom stereocenters. The summed E-state index contributed by atoms with van der Waals surface area (Å²) < 4.78 is 24.8. The zero-order valence-electron chi connectivity index (χ0n) is 17.6. The number of fused-ring (bicyclic) bond motifs is 2. The molecule has 1 atom stereocenters. The molecule has 0 aliphatic heterocycles. The van der Waals surface area contributed by atoms with E-state index < -0.39 is 27.5 Å². The van der Waals surface area contributed by atoms with Crippen molar-refractivity contribution in [1.82, 2.24) is 24.9 Å². The zero-order chi connectivity index (χ0) is 23.2. The van der Waals surface area contributed by atoms with Gasteiger partial charge in [-0.15, -0.1) is 0 Å². The Morgan fingerprint density at radius 3 is 2.75 bits per heavy atom. The predicted octanol–water partition coefficient (Wildman–Crippen LogP) is 2.82. The predicted molar refractivity (Wildman–Crippen MR) is 127 cm³/mol. The van der Waals surface area contributed by atoms with E-state index in [2.05, 4.69) is 37.4 Å². The average molecular weight is 517 g/mol. The van der Waals surface area contributed by atoms with Crippen molar-refractivity contribution in [3.8, 4) is 11.1 Å². The quantitative estimate of drug-likeness (QED) is 0.416. The van der Waals surface area contributed by atoms with Gasteiger partial charge in [0.05, 0.1) is 27.9 Å². The van der Waals surface area contributed by atoms with Gasteiger partial charge in [0.15, 0.2) is 15.5 Å². The molecule has 0 saturated carbocycles. The molecule has 0 aliphatic rings. The molecule has 9 nitrogen and oxygen atoms in total. The van der Waals surface area contributed by atoms with Gasteiger partial charge < -0.3 is 11.1 Å². The van der Waals surface area contributed by atoms with Gasteiger partial charge in [-0.3, -0.25) is 9.78 Å². The van der Waals surface area contributed by atoms with E-state index in [0.29, 0.717) is 21.6 Å². The molecule has 1 amide bonds. The van der Waals surface area contributed by atoms with Crippen LogP contribution in [0.4, 0.5) is 5.82 Å². The summed E-state index contributed by atoms with van der Waals surface area (Å²) in [4.78, 5) is 21.3. The number of benzene rings is 1. The number of amides is 1. The second kappa shape index (κ2) is 8.14. The van der Waals surface area contributed by atoms with Crippen LogP contribution in [0.2, 0.25) is 0 Å². The van der Waals surface area contributed by atoms with Crippen LogP contribution in [-0.2, 0) is 14.6 Å². The number of rotatable bonds is 5. The van der Waals surface area contributed by atoms with Gasteiger partial charge in [-0.05, 0) is 48.0 Å². The number of hydrogen-bond acceptors (Lipinski definition) is 7. The molecule has 0 spiro atoms. The molecule has 0 radical (unpaired) electrons. The number of nitrogens with one attached hydrogen (secondary N) is 1. The van der Waals surface area contributed by atoms with Crippen LogP contribution in [-0.4, -0.2) is 45.9 Å². The van der Waals surface area contributed by atoms with Gasteiger partial charge in [-0.1, -0.05) is 11.6 Å². The largest absolute Gasteiger partial charge is 0.383 e. The van der Waals surface area contributed by atoms with E-state index in [-0.39, 0.29) is 0 Å². The highest BCUT2D eigenvalue weighted by Gasteiger charge is 2.22. The van der Waals surface area contributed by atoms with E-state index in [1.807, 2.05) is 25.1 Å². The topological polar surface area (TPSA) is 132 Å². The number of carbonyl (C=O) groups excluding carboxylic acids is 1. The first-order valence-corrected chi connectivity index (χ1v) is 12.6. The summed E-state index contributed by atoms with van der Waals surface area (Å²) in [5.41, 5.74) is 10.8. The molecule has 3 N–H and O–H groups in total. The fraction of sp³-hybridized carbons (Fsp3) is 0.238. The van der Waals surface area contributed by atoms with Crippen molar-refractivity contribution in [3.05, 3.63) is 52.4 Å². The standard InChI is InChI=1S/C21H21BrN6O3S/c1-11-4-5-16-13(6-11)7-14(8-24-16)15-9-25-28-20(23)18(22)19(27-21(15)28)12(2)26-17(29)10-32(3,30)31/h4-9,12H,10,23H2,1-3H3,(H,26,29).